The summed E-state index contributed by atoms with van der Waals surface area (Å²) in [6, 6.07) is 24.1. The monoisotopic (exact) mass is 374 g/mol. The second-order valence-corrected chi connectivity index (χ2v) is 6.38. The van der Waals surface area contributed by atoms with E-state index < -0.39 is 0 Å². The lowest BCUT2D eigenvalue weighted by atomic mass is 10.2. The van der Waals surface area contributed by atoms with Crippen molar-refractivity contribution in [3.63, 3.8) is 0 Å². The number of hydrogen-bond donors (Lipinski definition) is 1. The summed E-state index contributed by atoms with van der Waals surface area (Å²) >= 11 is 0. The minimum Gasteiger partial charge on any atom is -0.457 e. The number of rotatable bonds is 6. The third-order valence-corrected chi connectivity index (χ3v) is 4.21. The highest BCUT2D eigenvalue weighted by Crippen LogP contribution is 2.23. The standard InChI is InChI=1S/C23H22N2O3/c1-17-8-6-7-11-22(17)25(18(2)26)16-23(27)24-19-12-14-21(15-13-19)28-20-9-4-3-5-10-20/h3-15H,16H2,1-2H3,(H,24,27). The fourth-order valence-corrected chi connectivity index (χ4v) is 2.81. The first-order valence-corrected chi connectivity index (χ1v) is 8.99. The molecule has 0 saturated carbocycles. The summed E-state index contributed by atoms with van der Waals surface area (Å²) in [5.74, 6) is 0.968. The van der Waals surface area contributed by atoms with Gasteiger partial charge in [0.05, 0.1) is 0 Å². The van der Waals surface area contributed by atoms with Crippen LogP contribution in [0.1, 0.15) is 12.5 Å². The molecule has 0 aliphatic rings. The highest BCUT2D eigenvalue weighted by Gasteiger charge is 2.17. The second kappa shape index (κ2) is 8.86. The average molecular weight is 374 g/mol. The molecule has 142 valence electrons. The van der Waals surface area contributed by atoms with Crippen LogP contribution >= 0.6 is 0 Å². The lowest BCUT2D eigenvalue weighted by molar-refractivity contribution is -0.120. The molecule has 0 aromatic heterocycles. The van der Waals surface area contributed by atoms with E-state index in [9.17, 15) is 9.59 Å². The van der Waals surface area contributed by atoms with Gasteiger partial charge >= 0.3 is 0 Å². The highest BCUT2D eigenvalue weighted by atomic mass is 16.5. The Kier molecular flexibility index (Phi) is 6.07. The van der Waals surface area contributed by atoms with Crippen molar-refractivity contribution >= 4 is 23.2 Å². The molecule has 28 heavy (non-hydrogen) atoms. The molecule has 2 amide bonds. The van der Waals surface area contributed by atoms with Crippen LogP contribution < -0.4 is 15.0 Å². The smallest absolute Gasteiger partial charge is 0.244 e. The number of amides is 2. The third kappa shape index (κ3) is 4.98. The van der Waals surface area contributed by atoms with Crippen molar-refractivity contribution in [3.05, 3.63) is 84.4 Å². The lowest BCUT2D eigenvalue weighted by Gasteiger charge is -2.22. The van der Waals surface area contributed by atoms with E-state index in [0.29, 0.717) is 11.4 Å². The predicted molar refractivity (Wildman–Crippen MR) is 111 cm³/mol. The lowest BCUT2D eigenvalue weighted by Crippen LogP contribution is -2.37. The second-order valence-electron chi connectivity index (χ2n) is 6.38. The molecule has 0 unspecified atom stereocenters. The number of nitrogens with one attached hydrogen (secondary N) is 1. The zero-order chi connectivity index (χ0) is 19.9. The van der Waals surface area contributed by atoms with Crippen molar-refractivity contribution in [1.29, 1.82) is 0 Å². The average Bonchev–Trinajstić information content (AvgIpc) is 2.69. The molecule has 0 aliphatic heterocycles. The van der Waals surface area contributed by atoms with Gasteiger partial charge in [0, 0.05) is 18.3 Å². The molecule has 0 radical (unpaired) electrons. The molecule has 0 heterocycles. The van der Waals surface area contributed by atoms with Gasteiger partial charge in [-0.1, -0.05) is 36.4 Å². The van der Waals surface area contributed by atoms with Gasteiger partial charge in [0.25, 0.3) is 0 Å². The van der Waals surface area contributed by atoms with Crippen LogP contribution in [0.5, 0.6) is 11.5 Å². The minimum atomic E-state index is -0.268. The molecule has 0 atom stereocenters. The van der Waals surface area contributed by atoms with Crippen LogP contribution in [0, 0.1) is 6.92 Å². The third-order valence-electron chi connectivity index (χ3n) is 4.21. The first-order chi connectivity index (χ1) is 13.5. The number of benzene rings is 3. The maximum atomic E-state index is 12.5. The van der Waals surface area contributed by atoms with E-state index in [0.717, 1.165) is 17.0 Å². The van der Waals surface area contributed by atoms with Crippen molar-refractivity contribution in [2.75, 3.05) is 16.8 Å². The highest BCUT2D eigenvalue weighted by molar-refractivity contribution is 6.02. The van der Waals surface area contributed by atoms with Gasteiger partial charge in [0.15, 0.2) is 0 Å². The Morgan fingerprint density at radius 3 is 2.11 bits per heavy atom. The molecule has 0 spiro atoms. The summed E-state index contributed by atoms with van der Waals surface area (Å²) < 4.78 is 5.74. The largest absolute Gasteiger partial charge is 0.457 e. The van der Waals surface area contributed by atoms with Gasteiger partial charge in [0.2, 0.25) is 11.8 Å². The Labute approximate surface area is 164 Å². The van der Waals surface area contributed by atoms with Crippen LogP contribution in [0.3, 0.4) is 0 Å². The quantitative estimate of drug-likeness (QED) is 0.675. The van der Waals surface area contributed by atoms with Crippen molar-refractivity contribution in [2.45, 2.75) is 13.8 Å². The van der Waals surface area contributed by atoms with Crippen LogP contribution in [-0.4, -0.2) is 18.4 Å². The molecule has 5 nitrogen and oxygen atoms in total. The summed E-state index contributed by atoms with van der Waals surface area (Å²) in [5.41, 5.74) is 2.31. The number of para-hydroxylation sites is 2. The number of carbonyl (C=O) groups is 2. The van der Waals surface area contributed by atoms with E-state index in [1.807, 2.05) is 61.5 Å². The molecule has 0 fully saturated rings. The normalized spacial score (nSPS) is 10.2. The van der Waals surface area contributed by atoms with Gasteiger partial charge in [-0.05, 0) is 55.0 Å². The maximum absolute atomic E-state index is 12.5. The number of hydrogen-bond acceptors (Lipinski definition) is 3. The fourth-order valence-electron chi connectivity index (χ4n) is 2.81. The Bertz CT molecular complexity index is 953. The Balaban J connectivity index is 1.63. The zero-order valence-corrected chi connectivity index (χ0v) is 15.9. The number of ether oxygens (including phenoxy) is 1. The van der Waals surface area contributed by atoms with Crippen LogP contribution in [0.2, 0.25) is 0 Å². The molecule has 3 aromatic carbocycles. The van der Waals surface area contributed by atoms with Crippen molar-refractivity contribution in [2.24, 2.45) is 0 Å². The van der Waals surface area contributed by atoms with Crippen LogP contribution in [-0.2, 0) is 9.59 Å². The number of nitrogens with zero attached hydrogens (tertiary/aromatic N) is 1. The van der Waals surface area contributed by atoms with E-state index in [1.165, 1.54) is 11.8 Å². The first-order valence-electron chi connectivity index (χ1n) is 8.99. The number of carbonyl (C=O) groups excluding carboxylic acids is 2. The molecule has 1 N–H and O–H groups in total. The van der Waals surface area contributed by atoms with Gasteiger partial charge in [-0.15, -0.1) is 0 Å². The Morgan fingerprint density at radius 2 is 1.46 bits per heavy atom. The summed E-state index contributed by atoms with van der Waals surface area (Å²) in [6.07, 6.45) is 0. The van der Waals surface area contributed by atoms with E-state index in [4.69, 9.17) is 4.74 Å². The Morgan fingerprint density at radius 1 is 0.857 bits per heavy atom. The van der Waals surface area contributed by atoms with Gasteiger partial charge < -0.3 is 15.0 Å². The number of aryl methyl sites for hydroxylation is 1. The SMILES string of the molecule is CC(=O)N(CC(=O)Nc1ccc(Oc2ccccc2)cc1)c1ccccc1C. The molecule has 0 aliphatic carbocycles. The maximum Gasteiger partial charge on any atom is 0.244 e. The predicted octanol–water partition coefficient (Wildman–Crippen LogP) is 4.78. The molecular formula is C23H22N2O3. The Hall–Kier alpha value is -3.60. The van der Waals surface area contributed by atoms with Crippen molar-refractivity contribution in [3.8, 4) is 11.5 Å². The molecule has 0 bridgehead atoms. The number of anilines is 2. The minimum absolute atomic E-state index is 0.0531. The van der Waals surface area contributed by atoms with Crippen LogP contribution in [0.4, 0.5) is 11.4 Å². The van der Waals surface area contributed by atoms with Crippen molar-refractivity contribution < 1.29 is 14.3 Å². The molecule has 0 saturated heterocycles. The molecular weight excluding hydrogens is 352 g/mol. The van der Waals surface area contributed by atoms with Gasteiger partial charge in [-0.25, -0.2) is 0 Å². The summed E-state index contributed by atoms with van der Waals surface area (Å²) in [6.45, 7) is 3.31. The van der Waals surface area contributed by atoms with Crippen LogP contribution in [0.15, 0.2) is 78.9 Å². The summed E-state index contributed by atoms with van der Waals surface area (Å²) in [4.78, 5) is 26.0. The van der Waals surface area contributed by atoms with Gasteiger partial charge in [-0.2, -0.15) is 0 Å². The molecule has 3 aromatic rings. The van der Waals surface area contributed by atoms with Gasteiger partial charge in [-0.3, -0.25) is 9.59 Å². The van der Waals surface area contributed by atoms with Gasteiger partial charge in [0.1, 0.15) is 18.0 Å². The summed E-state index contributed by atoms with van der Waals surface area (Å²) in [5, 5.41) is 2.82. The zero-order valence-electron chi connectivity index (χ0n) is 15.9. The van der Waals surface area contributed by atoms with E-state index in [2.05, 4.69) is 5.32 Å². The van der Waals surface area contributed by atoms with Crippen LogP contribution in [0.25, 0.3) is 0 Å². The van der Waals surface area contributed by atoms with E-state index in [-0.39, 0.29) is 18.4 Å². The first kappa shape index (κ1) is 19.2. The molecule has 5 heteroatoms. The summed E-state index contributed by atoms with van der Waals surface area (Å²) in [7, 11) is 0. The fraction of sp³-hybridized carbons (Fsp3) is 0.130. The van der Waals surface area contributed by atoms with E-state index in [1.54, 1.807) is 24.3 Å². The van der Waals surface area contributed by atoms with E-state index >= 15 is 0 Å². The van der Waals surface area contributed by atoms with Crippen molar-refractivity contribution in [1.82, 2.24) is 0 Å². The topological polar surface area (TPSA) is 58.6 Å². The molecule has 3 rings (SSSR count).